The second-order valence-electron chi connectivity index (χ2n) is 7.71. The lowest BCUT2D eigenvalue weighted by Crippen LogP contribution is -2.46. The monoisotopic (exact) mass is 422 g/mol. The number of carbonyl (C=O) groups excluding carboxylic acids is 2. The number of hydrogen-bond donors (Lipinski definition) is 2. The SMILES string of the molecule is CN1C(=O)C(O)(C#Cc2cccc(-c3nc(C(N)=O)n4ccccc34)c2)C2C1C2(F)F. The first-order valence-electron chi connectivity index (χ1n) is 9.44. The van der Waals surface area contributed by atoms with Crippen molar-refractivity contribution in [3.8, 4) is 23.1 Å². The molecule has 1 saturated carbocycles. The van der Waals surface area contributed by atoms with Crippen molar-refractivity contribution in [2.75, 3.05) is 7.05 Å². The number of pyridine rings is 1. The van der Waals surface area contributed by atoms with E-state index < -0.39 is 35.3 Å². The lowest BCUT2D eigenvalue weighted by Gasteiger charge is -2.21. The molecule has 9 heteroatoms. The normalized spacial score (nSPS) is 25.8. The van der Waals surface area contributed by atoms with E-state index >= 15 is 0 Å². The van der Waals surface area contributed by atoms with Crippen LogP contribution in [0.1, 0.15) is 16.2 Å². The van der Waals surface area contributed by atoms with Crippen molar-refractivity contribution >= 4 is 17.3 Å². The summed E-state index contributed by atoms with van der Waals surface area (Å²) in [4.78, 5) is 29.2. The molecule has 156 valence electrons. The number of aromatic nitrogens is 2. The van der Waals surface area contributed by atoms with Gasteiger partial charge in [0.1, 0.15) is 12.0 Å². The Morgan fingerprint density at radius 1 is 1.26 bits per heavy atom. The van der Waals surface area contributed by atoms with Crippen LogP contribution in [0.5, 0.6) is 0 Å². The molecule has 2 aliphatic rings. The molecule has 1 aliphatic carbocycles. The van der Waals surface area contributed by atoms with Crippen molar-refractivity contribution in [3.05, 3.63) is 60.0 Å². The molecule has 0 spiro atoms. The first-order valence-corrected chi connectivity index (χ1v) is 9.44. The number of likely N-dealkylation sites (N-methyl/N-ethyl adjacent to an activating group) is 1. The summed E-state index contributed by atoms with van der Waals surface area (Å²) in [5.74, 6) is -1.12. The van der Waals surface area contributed by atoms with Crippen LogP contribution in [0, 0.1) is 17.8 Å². The quantitative estimate of drug-likeness (QED) is 0.608. The van der Waals surface area contributed by atoms with E-state index in [2.05, 4.69) is 16.8 Å². The highest BCUT2D eigenvalue weighted by Gasteiger charge is 2.84. The molecule has 1 saturated heterocycles. The van der Waals surface area contributed by atoms with Crippen LogP contribution in [0.2, 0.25) is 0 Å². The molecular weight excluding hydrogens is 406 g/mol. The van der Waals surface area contributed by atoms with Gasteiger partial charge in [-0.25, -0.2) is 13.8 Å². The second-order valence-corrected chi connectivity index (χ2v) is 7.71. The number of aliphatic hydroxyl groups is 1. The molecule has 3 aromatic rings. The fourth-order valence-corrected chi connectivity index (χ4v) is 4.29. The number of halogens is 2. The molecule has 3 N–H and O–H groups in total. The average Bonchev–Trinajstić information content (AvgIpc) is 3.04. The molecule has 31 heavy (non-hydrogen) atoms. The topological polar surface area (TPSA) is 101 Å². The zero-order chi connectivity index (χ0) is 22.1. The van der Waals surface area contributed by atoms with Gasteiger partial charge in [-0.1, -0.05) is 30.0 Å². The molecular formula is C22H16F2N4O3. The second kappa shape index (κ2) is 6.12. The van der Waals surface area contributed by atoms with Crippen molar-refractivity contribution in [1.29, 1.82) is 0 Å². The highest BCUT2D eigenvalue weighted by Crippen LogP contribution is 2.61. The number of alkyl halides is 2. The van der Waals surface area contributed by atoms with Gasteiger partial charge < -0.3 is 15.7 Å². The largest absolute Gasteiger partial charge is 0.369 e. The summed E-state index contributed by atoms with van der Waals surface area (Å²) in [6.07, 6.45) is 1.67. The van der Waals surface area contributed by atoms with Crippen LogP contribution in [-0.2, 0) is 4.79 Å². The minimum atomic E-state index is -3.16. The number of carbonyl (C=O) groups is 2. The third kappa shape index (κ3) is 2.58. The number of primary amides is 1. The van der Waals surface area contributed by atoms with Crippen LogP contribution < -0.4 is 5.73 Å². The van der Waals surface area contributed by atoms with Gasteiger partial charge in [0.2, 0.25) is 11.4 Å². The van der Waals surface area contributed by atoms with E-state index in [1.807, 2.05) is 0 Å². The molecule has 3 atom stereocenters. The molecule has 3 unspecified atom stereocenters. The van der Waals surface area contributed by atoms with Gasteiger partial charge in [0.25, 0.3) is 17.7 Å². The number of fused-ring (bicyclic) bond motifs is 2. The number of likely N-dealkylation sites (tertiary alicyclic amines) is 1. The number of hydrogen-bond acceptors (Lipinski definition) is 4. The van der Waals surface area contributed by atoms with E-state index in [4.69, 9.17) is 5.73 Å². The molecule has 0 radical (unpaired) electrons. The highest BCUT2D eigenvalue weighted by molar-refractivity contribution is 5.95. The van der Waals surface area contributed by atoms with Crippen LogP contribution in [0.15, 0.2) is 48.7 Å². The minimum Gasteiger partial charge on any atom is -0.369 e. The summed E-state index contributed by atoms with van der Waals surface area (Å²) in [7, 11) is 1.24. The van der Waals surface area contributed by atoms with E-state index in [-0.39, 0.29) is 5.82 Å². The number of amides is 2. The summed E-state index contributed by atoms with van der Waals surface area (Å²) in [6.45, 7) is 0. The molecule has 2 fully saturated rings. The lowest BCUT2D eigenvalue weighted by molar-refractivity contribution is -0.146. The summed E-state index contributed by atoms with van der Waals surface area (Å²) in [5, 5.41) is 10.6. The Balaban J connectivity index is 1.55. The summed E-state index contributed by atoms with van der Waals surface area (Å²) in [5.41, 5.74) is 5.14. The Labute approximate surface area is 175 Å². The van der Waals surface area contributed by atoms with Gasteiger partial charge >= 0.3 is 0 Å². The third-order valence-electron chi connectivity index (χ3n) is 5.83. The Morgan fingerprint density at radius 3 is 2.74 bits per heavy atom. The van der Waals surface area contributed by atoms with Gasteiger partial charge in [0.15, 0.2) is 0 Å². The fraction of sp³-hybridized carbons (Fsp3) is 0.227. The van der Waals surface area contributed by atoms with Gasteiger partial charge in [-0.05, 0) is 24.3 Å². The Morgan fingerprint density at radius 2 is 2.03 bits per heavy atom. The van der Waals surface area contributed by atoms with E-state index in [0.717, 1.165) is 4.90 Å². The van der Waals surface area contributed by atoms with Crippen LogP contribution in [0.4, 0.5) is 8.78 Å². The van der Waals surface area contributed by atoms with Crippen molar-refractivity contribution in [2.45, 2.75) is 17.6 Å². The molecule has 2 aromatic heterocycles. The number of nitrogens with two attached hydrogens (primary N) is 1. The van der Waals surface area contributed by atoms with Gasteiger partial charge in [-0.2, -0.15) is 0 Å². The Bertz CT molecular complexity index is 1340. The summed E-state index contributed by atoms with van der Waals surface area (Å²) in [6, 6.07) is 10.7. The Hall–Kier alpha value is -3.77. The van der Waals surface area contributed by atoms with Crippen LogP contribution in [0.25, 0.3) is 16.8 Å². The molecule has 5 rings (SSSR count). The van der Waals surface area contributed by atoms with Crippen molar-refractivity contribution in [1.82, 2.24) is 14.3 Å². The van der Waals surface area contributed by atoms with Crippen LogP contribution in [0.3, 0.4) is 0 Å². The summed E-state index contributed by atoms with van der Waals surface area (Å²) >= 11 is 0. The lowest BCUT2D eigenvalue weighted by atomic mass is 9.98. The van der Waals surface area contributed by atoms with Gasteiger partial charge in [0, 0.05) is 24.4 Å². The molecule has 1 aromatic carbocycles. The maximum atomic E-state index is 13.9. The average molecular weight is 422 g/mol. The van der Waals surface area contributed by atoms with Crippen molar-refractivity contribution in [3.63, 3.8) is 0 Å². The standard InChI is InChI=1S/C22H16F2N4O3/c1-27-17-16(22(17,23)24)21(31,20(27)30)9-8-12-5-4-6-13(11-12)15-14-7-2-3-10-28(14)19(26-15)18(25)29/h2-7,10-11,16-17,31H,1H3,(H2,25,29). The first kappa shape index (κ1) is 19.2. The molecule has 7 nitrogen and oxygen atoms in total. The van der Waals surface area contributed by atoms with Crippen LogP contribution >= 0.6 is 0 Å². The van der Waals surface area contributed by atoms with Gasteiger partial charge in [0.05, 0.1) is 11.2 Å². The molecule has 2 amide bonds. The molecule has 0 bridgehead atoms. The first-order chi connectivity index (χ1) is 14.7. The molecule has 3 heterocycles. The molecule has 1 aliphatic heterocycles. The predicted octanol–water partition coefficient (Wildman–Crippen LogP) is 1.29. The van der Waals surface area contributed by atoms with Crippen molar-refractivity contribution in [2.24, 2.45) is 11.7 Å². The number of piperidine rings is 1. The smallest absolute Gasteiger partial charge is 0.285 e. The van der Waals surface area contributed by atoms with E-state index in [9.17, 15) is 23.5 Å². The van der Waals surface area contributed by atoms with Crippen LogP contribution in [-0.4, -0.2) is 55.8 Å². The maximum Gasteiger partial charge on any atom is 0.285 e. The highest BCUT2D eigenvalue weighted by atomic mass is 19.3. The number of benzene rings is 1. The predicted molar refractivity (Wildman–Crippen MR) is 106 cm³/mol. The van der Waals surface area contributed by atoms with Crippen molar-refractivity contribution < 1.29 is 23.5 Å². The number of nitrogens with zero attached hydrogens (tertiary/aromatic N) is 3. The number of imidazole rings is 1. The minimum absolute atomic E-state index is 0.0676. The zero-order valence-electron chi connectivity index (χ0n) is 16.2. The van der Waals surface area contributed by atoms with E-state index in [1.165, 1.54) is 7.05 Å². The van der Waals surface area contributed by atoms with E-state index in [1.54, 1.807) is 53.1 Å². The van der Waals surface area contributed by atoms with Gasteiger partial charge in [-0.3, -0.25) is 14.0 Å². The number of rotatable bonds is 2. The zero-order valence-corrected chi connectivity index (χ0v) is 16.2. The fourth-order valence-electron chi connectivity index (χ4n) is 4.29. The third-order valence-corrected chi connectivity index (χ3v) is 5.83. The maximum absolute atomic E-state index is 13.9. The van der Waals surface area contributed by atoms with Gasteiger partial charge in [-0.15, -0.1) is 0 Å². The van der Waals surface area contributed by atoms with E-state index in [0.29, 0.717) is 22.3 Å². The Kier molecular flexibility index (Phi) is 3.79. The summed E-state index contributed by atoms with van der Waals surface area (Å²) < 4.78 is 29.4.